The summed E-state index contributed by atoms with van der Waals surface area (Å²) in [5.41, 5.74) is 3.32. The molecule has 7 aromatic rings. The first-order chi connectivity index (χ1) is 54.3. The van der Waals surface area contributed by atoms with Crippen molar-refractivity contribution in [2.75, 3.05) is 35.6 Å². The van der Waals surface area contributed by atoms with Crippen LogP contribution in [0, 0.1) is 71.7 Å². The van der Waals surface area contributed by atoms with E-state index in [-0.39, 0.29) is 40.2 Å². The second kappa shape index (κ2) is 33.8. The molecule has 120 heavy (non-hydrogen) atoms. The summed E-state index contributed by atoms with van der Waals surface area (Å²) >= 11 is 0. The Balaban J connectivity index is 0.000000174. The third-order valence-corrected chi connectivity index (χ3v) is 36.5. The lowest BCUT2D eigenvalue weighted by molar-refractivity contribution is -0.137. The highest BCUT2D eigenvalue weighted by molar-refractivity contribution is 8.06. The van der Waals surface area contributed by atoms with Gasteiger partial charge in [-0.3, -0.25) is 0 Å². The van der Waals surface area contributed by atoms with E-state index in [4.69, 9.17) is 16.7 Å². The molecule has 0 saturated carbocycles. The molecule has 664 valence electrons. The van der Waals surface area contributed by atoms with E-state index in [0.29, 0.717) is 52.6 Å². The standard InChI is InChI=1S/C11H14O6S2.C9H10O6S2.C8H5F3O6S2.C8H8O6S2.C7H4F2O6S2.2C7H5FO6S2/c1-6-7(2)9(4)11-10(8(6)3)16-18(12,13)5-19(14,15)17-11;1-6-3-4-7(2)9-8(6)14-16(10,11)5-17(12,13)15-9;9-8(10,11)5-1-2-6-7(3-5)17-19(14,15)4-18(12,13)16-6;1-6-2-3-7-8(4-6)14-16(11,12)5-15(9,10)13-7;8-4-1-2-5(9)7-6(4)14-16(10,11)3-17(12,13)15-7;8-5-1-2-6-7(3-5)14-16(11,12)4-15(9,10)13-6;8-5-2-1-3-6-7(5)14-16(11,12)4-15(9,10)13-6/h5H2,1-4H3;3-4H,5H2,1-2H3;1-3H,4H2;2-4H,5H2,1H3;1-2H,3H2;2*1-3H,4H2. The molecular formula is C57H51F7O42S14. The van der Waals surface area contributed by atoms with Crippen molar-refractivity contribution >= 4 is 142 Å². The summed E-state index contributed by atoms with van der Waals surface area (Å²) in [7, 11) is -60.8. The topological polar surface area (TPSA) is 607 Å². The summed E-state index contributed by atoms with van der Waals surface area (Å²) in [6, 6.07) is 16.2. The molecule has 0 N–H and O–H groups in total. The normalized spacial score (nSPS) is 20.6. The number of halogens is 7. The van der Waals surface area contributed by atoms with Gasteiger partial charge in [0.25, 0.3) is 0 Å². The summed E-state index contributed by atoms with van der Waals surface area (Å²) in [5, 5.41) is -9.22. The number of alkyl halides is 3. The molecule has 7 heterocycles. The van der Waals surface area contributed by atoms with Gasteiger partial charge < -0.3 is 58.6 Å². The second-order valence-electron chi connectivity index (χ2n) is 24.3. The largest absolute Gasteiger partial charge is 0.416 e. The van der Waals surface area contributed by atoms with Crippen molar-refractivity contribution in [3.8, 4) is 80.5 Å². The van der Waals surface area contributed by atoms with E-state index < -0.39 is 253 Å². The summed E-state index contributed by atoms with van der Waals surface area (Å²) < 4.78 is 469. The highest BCUT2D eigenvalue weighted by Crippen LogP contribution is 2.45. The van der Waals surface area contributed by atoms with Gasteiger partial charge in [0.05, 0.1) is 5.56 Å². The Morgan fingerprint density at radius 3 is 0.833 bits per heavy atom. The second-order valence-corrected chi connectivity index (χ2v) is 48.8. The molecule has 7 aromatic carbocycles. The van der Waals surface area contributed by atoms with E-state index in [2.05, 4.69) is 41.8 Å². The molecule has 0 fully saturated rings. The fourth-order valence-corrected chi connectivity index (χ4v) is 27.8. The van der Waals surface area contributed by atoms with Gasteiger partial charge in [0.2, 0.25) is 52.8 Å². The minimum absolute atomic E-state index is 0.0401. The Bertz CT molecular complexity index is 6670. The SMILES string of the molecule is Cc1c(C)c(C)c2c(c1C)OS(=O)(=O)CS(=O)(=O)O2.Cc1ccc(C)c2c1OS(=O)(=O)CS(=O)(=O)O2.Cc1ccc2c(c1)OS(=O)(=O)CS(=O)(=O)O2.O=S1(=O)CS(=O)(=O)Oc2c(F)ccc(F)c2O1.O=S1(=O)CS(=O)(=O)Oc2c(F)cccc2O1.O=S1(=O)CS(=O)(=O)Oc2cc(C(F)(F)F)ccc2O1.O=S1(=O)CS(=O)(=O)Oc2cc(F)ccc2O1. The Kier molecular flexibility index (Phi) is 27.0. The quantitative estimate of drug-likeness (QED) is 0.151. The van der Waals surface area contributed by atoms with Gasteiger partial charge in [0.1, 0.15) is 5.82 Å². The van der Waals surface area contributed by atoms with E-state index in [1.54, 1.807) is 52.8 Å². The number of benzene rings is 7. The molecule has 42 nitrogen and oxygen atoms in total. The van der Waals surface area contributed by atoms with Crippen LogP contribution in [0.4, 0.5) is 30.7 Å². The van der Waals surface area contributed by atoms with Gasteiger partial charge in [-0.15, -0.1) is 0 Å². The third kappa shape index (κ3) is 26.0. The average Bonchev–Trinajstić information content (AvgIpc) is 1.54. The van der Waals surface area contributed by atoms with Crippen molar-refractivity contribution in [3.63, 3.8) is 0 Å². The zero-order valence-corrected chi connectivity index (χ0v) is 71.6. The molecule has 7 aliphatic heterocycles. The van der Waals surface area contributed by atoms with Crippen molar-refractivity contribution in [2.24, 2.45) is 0 Å². The Labute approximate surface area is 679 Å². The minimum atomic E-state index is -4.73. The average molecular weight is 1990 g/mol. The van der Waals surface area contributed by atoms with Crippen molar-refractivity contribution in [2.45, 2.75) is 54.6 Å². The monoisotopic (exact) mass is 1990 g/mol. The Morgan fingerprint density at radius 2 is 0.492 bits per heavy atom. The summed E-state index contributed by atoms with van der Waals surface area (Å²) in [6.45, 7) is 11.9. The van der Waals surface area contributed by atoms with Crippen molar-refractivity contribution < 1.29 is 207 Å². The van der Waals surface area contributed by atoms with Gasteiger partial charge in [0.15, 0.2) is 80.7 Å². The first-order valence-corrected chi connectivity index (χ1v) is 52.8. The molecule has 0 radical (unpaired) electrons. The van der Waals surface area contributed by atoms with Crippen LogP contribution in [0.1, 0.15) is 44.5 Å². The first-order valence-electron chi connectivity index (χ1n) is 30.8. The lowest BCUT2D eigenvalue weighted by Crippen LogP contribution is -2.21. The molecule has 0 aromatic heterocycles. The summed E-state index contributed by atoms with van der Waals surface area (Å²) in [4.78, 5) is 0. The van der Waals surface area contributed by atoms with Crippen LogP contribution in [0.5, 0.6) is 80.5 Å². The zero-order valence-electron chi connectivity index (χ0n) is 60.2. The summed E-state index contributed by atoms with van der Waals surface area (Å²) in [6.07, 6.45) is -4.73. The molecule has 0 saturated heterocycles. The van der Waals surface area contributed by atoms with Gasteiger partial charge in [-0.1, -0.05) is 24.3 Å². The van der Waals surface area contributed by atoms with Crippen LogP contribution in [0.2, 0.25) is 0 Å². The third-order valence-electron chi connectivity index (χ3n) is 14.3. The predicted octanol–water partition coefficient (Wildman–Crippen LogP) is 4.26. The van der Waals surface area contributed by atoms with E-state index in [0.717, 1.165) is 47.0 Å². The van der Waals surface area contributed by atoms with Gasteiger partial charge in [-0.25, -0.2) is 17.6 Å². The molecule has 63 heteroatoms. The summed E-state index contributed by atoms with van der Waals surface area (Å²) in [5.74, 6) is -10.4. The molecule has 14 rings (SSSR count). The van der Waals surface area contributed by atoms with Crippen LogP contribution < -0.4 is 58.6 Å². The van der Waals surface area contributed by atoms with E-state index >= 15 is 0 Å². The van der Waals surface area contributed by atoms with Gasteiger partial charge in [-0.05, 0) is 154 Å². The van der Waals surface area contributed by atoms with Crippen LogP contribution >= 0.6 is 0 Å². The van der Waals surface area contributed by atoms with Crippen LogP contribution in [0.25, 0.3) is 0 Å². The van der Waals surface area contributed by atoms with Crippen molar-refractivity contribution in [1.82, 2.24) is 0 Å². The molecular weight excluding hydrogens is 1940 g/mol. The van der Waals surface area contributed by atoms with Gasteiger partial charge in [0, 0.05) is 6.07 Å². The maximum absolute atomic E-state index is 13.2. The highest BCUT2D eigenvalue weighted by Gasteiger charge is 2.42. The fourth-order valence-electron chi connectivity index (χ4n) is 9.32. The Hall–Kier alpha value is -9.45. The molecule has 0 amide bonds. The number of fused-ring (bicyclic) bond motifs is 7. The van der Waals surface area contributed by atoms with E-state index in [1.165, 1.54) is 18.2 Å². The maximum Gasteiger partial charge on any atom is 0.416 e. The van der Waals surface area contributed by atoms with Crippen LogP contribution in [0.15, 0.2) is 97.1 Å². The van der Waals surface area contributed by atoms with Crippen LogP contribution in [-0.4, -0.2) is 153 Å². The molecule has 7 aliphatic rings. The van der Waals surface area contributed by atoms with E-state index in [9.17, 15) is 149 Å². The zero-order chi connectivity index (χ0) is 90.7. The molecule has 0 aliphatic carbocycles. The molecule has 0 spiro atoms. The van der Waals surface area contributed by atoms with Crippen LogP contribution in [-0.2, 0) is 148 Å². The van der Waals surface area contributed by atoms with Crippen molar-refractivity contribution in [1.29, 1.82) is 0 Å². The maximum atomic E-state index is 13.2. The van der Waals surface area contributed by atoms with Gasteiger partial charge in [-0.2, -0.15) is 131 Å². The lowest BCUT2D eigenvalue weighted by Gasteiger charge is -2.16. The lowest BCUT2D eigenvalue weighted by atomic mass is 9.98. The van der Waals surface area contributed by atoms with Crippen LogP contribution in [0.3, 0.4) is 0 Å². The minimum Gasteiger partial charge on any atom is -0.378 e. The number of hydrogen-bond acceptors (Lipinski definition) is 42. The number of aryl methyl sites for hydroxylation is 3. The fraction of sp³-hybridized carbons (Fsp3) is 0.263. The van der Waals surface area contributed by atoms with E-state index in [1.807, 2.05) is 13.8 Å². The number of para-hydroxylation sites is 1. The molecule has 0 bridgehead atoms. The highest BCUT2D eigenvalue weighted by atomic mass is 32.3. The molecule has 0 atom stereocenters. The Morgan fingerprint density at radius 1 is 0.233 bits per heavy atom. The number of hydrogen-bond donors (Lipinski definition) is 0. The first kappa shape index (κ1) is 96.0. The molecule has 0 unspecified atom stereocenters. The number of rotatable bonds is 0. The van der Waals surface area contributed by atoms with Crippen molar-refractivity contribution in [3.05, 3.63) is 165 Å². The predicted molar refractivity (Wildman–Crippen MR) is 391 cm³/mol. The van der Waals surface area contributed by atoms with Gasteiger partial charge >= 0.3 is 148 Å². The smallest absolute Gasteiger partial charge is 0.378 e.